The molecule has 0 aromatic carbocycles. The summed E-state index contributed by atoms with van der Waals surface area (Å²) >= 11 is 0. The summed E-state index contributed by atoms with van der Waals surface area (Å²) in [5, 5.41) is 0. The highest BCUT2D eigenvalue weighted by atomic mass is 19.1. The van der Waals surface area contributed by atoms with E-state index in [4.69, 9.17) is 0 Å². The minimum atomic E-state index is -0.314. The average Bonchev–Trinajstić information content (AvgIpc) is 2.03. The van der Waals surface area contributed by atoms with Crippen LogP contribution in [0.15, 0.2) is 11.5 Å². The Labute approximate surface area is 87.0 Å². The van der Waals surface area contributed by atoms with Crippen LogP contribution in [0.4, 0.5) is 4.39 Å². The van der Waals surface area contributed by atoms with E-state index < -0.39 is 0 Å². The van der Waals surface area contributed by atoms with Crippen molar-refractivity contribution in [1.29, 1.82) is 0 Å². The van der Waals surface area contributed by atoms with Gasteiger partial charge in [0.1, 0.15) is 5.83 Å². The molecule has 0 unspecified atom stereocenters. The topological polar surface area (TPSA) is 3.24 Å². The van der Waals surface area contributed by atoms with Crippen molar-refractivity contribution in [2.45, 2.75) is 47.6 Å². The van der Waals surface area contributed by atoms with Crippen LogP contribution in [0, 0.1) is 10.8 Å². The van der Waals surface area contributed by atoms with Gasteiger partial charge in [-0.15, -0.1) is 0 Å². The second-order valence-electron chi connectivity index (χ2n) is 5.62. The third kappa shape index (κ3) is 1.19. The quantitative estimate of drug-likeness (QED) is 0.657. The lowest BCUT2D eigenvalue weighted by molar-refractivity contribution is 0.0442. The van der Waals surface area contributed by atoms with Gasteiger partial charge in [-0.1, -0.05) is 27.7 Å². The summed E-state index contributed by atoms with van der Waals surface area (Å²) in [4.78, 5) is 2.04. The van der Waals surface area contributed by atoms with Gasteiger partial charge in [0.2, 0.25) is 0 Å². The van der Waals surface area contributed by atoms with Crippen molar-refractivity contribution in [3.8, 4) is 0 Å². The molecule has 1 nitrogen and oxygen atoms in total. The highest BCUT2D eigenvalue weighted by Gasteiger charge is 2.56. The maximum absolute atomic E-state index is 13.9. The Morgan fingerprint density at radius 2 is 1.50 bits per heavy atom. The Balaban J connectivity index is 3.08. The monoisotopic (exact) mass is 199 g/mol. The molecule has 0 radical (unpaired) electrons. The Morgan fingerprint density at radius 3 is 1.79 bits per heavy atom. The lowest BCUT2D eigenvalue weighted by Gasteiger charge is -2.55. The largest absolute Gasteiger partial charge is 0.373 e. The normalized spacial score (nSPS) is 23.8. The number of hydrogen-bond acceptors (Lipinski definition) is 1. The summed E-state index contributed by atoms with van der Waals surface area (Å²) in [6.07, 6.45) is 0. The van der Waals surface area contributed by atoms with Crippen molar-refractivity contribution < 1.29 is 4.39 Å². The van der Waals surface area contributed by atoms with Crippen molar-refractivity contribution in [3.63, 3.8) is 0 Å². The smallest absolute Gasteiger partial charge is 0.126 e. The van der Waals surface area contributed by atoms with Gasteiger partial charge in [-0.05, 0) is 13.8 Å². The van der Waals surface area contributed by atoms with E-state index in [-0.39, 0.29) is 16.7 Å². The lowest BCUT2D eigenvalue weighted by atomic mass is 9.55. The van der Waals surface area contributed by atoms with Gasteiger partial charge in [0.15, 0.2) is 0 Å². The summed E-state index contributed by atoms with van der Waals surface area (Å²) in [6, 6.07) is 0.353. The van der Waals surface area contributed by atoms with Crippen LogP contribution in [0.25, 0.3) is 0 Å². The molecule has 0 bridgehead atoms. The van der Waals surface area contributed by atoms with E-state index in [0.717, 1.165) is 5.70 Å². The van der Waals surface area contributed by atoms with E-state index in [1.54, 1.807) is 0 Å². The Bertz CT molecular complexity index is 274. The molecule has 0 fully saturated rings. The molecular weight excluding hydrogens is 177 g/mol. The van der Waals surface area contributed by atoms with Crippen molar-refractivity contribution in [1.82, 2.24) is 4.90 Å². The number of nitrogens with zero attached hydrogens (tertiary/aromatic N) is 1. The average molecular weight is 199 g/mol. The van der Waals surface area contributed by atoms with Crippen molar-refractivity contribution in [2.75, 3.05) is 7.05 Å². The first-order valence-corrected chi connectivity index (χ1v) is 5.27. The van der Waals surface area contributed by atoms with Gasteiger partial charge >= 0.3 is 0 Å². The van der Waals surface area contributed by atoms with Gasteiger partial charge in [-0.25, -0.2) is 4.39 Å². The fraction of sp³-hybridized carbons (Fsp3) is 0.833. The zero-order valence-electron chi connectivity index (χ0n) is 10.4. The molecule has 1 aliphatic rings. The molecule has 1 rings (SSSR count). The molecule has 0 saturated heterocycles. The highest BCUT2D eigenvalue weighted by molar-refractivity contribution is 5.36. The third-order valence-electron chi connectivity index (χ3n) is 4.04. The molecule has 1 aliphatic carbocycles. The van der Waals surface area contributed by atoms with Gasteiger partial charge in [-0.2, -0.15) is 0 Å². The van der Waals surface area contributed by atoms with E-state index in [1.807, 2.05) is 25.8 Å². The van der Waals surface area contributed by atoms with Crippen LogP contribution in [-0.4, -0.2) is 18.0 Å². The van der Waals surface area contributed by atoms with Crippen molar-refractivity contribution in [2.24, 2.45) is 10.8 Å². The lowest BCUT2D eigenvalue weighted by Crippen LogP contribution is -2.51. The predicted octanol–water partition coefficient (Wildman–Crippen LogP) is 3.57. The molecule has 0 aromatic rings. The highest BCUT2D eigenvalue weighted by Crippen LogP contribution is 2.61. The molecule has 0 atom stereocenters. The van der Waals surface area contributed by atoms with E-state index in [1.165, 1.54) is 0 Å². The summed E-state index contributed by atoms with van der Waals surface area (Å²) < 4.78 is 13.9. The van der Waals surface area contributed by atoms with Crippen molar-refractivity contribution >= 4 is 0 Å². The van der Waals surface area contributed by atoms with Crippen LogP contribution >= 0.6 is 0 Å². The number of halogens is 1. The first-order valence-electron chi connectivity index (χ1n) is 5.27. The van der Waals surface area contributed by atoms with Crippen LogP contribution < -0.4 is 0 Å². The zero-order valence-corrected chi connectivity index (χ0v) is 10.4. The molecule has 14 heavy (non-hydrogen) atoms. The molecule has 82 valence electrons. The molecule has 0 N–H and O–H groups in total. The van der Waals surface area contributed by atoms with E-state index in [2.05, 4.69) is 27.7 Å². The van der Waals surface area contributed by atoms with Crippen molar-refractivity contribution in [3.05, 3.63) is 11.5 Å². The maximum Gasteiger partial charge on any atom is 0.126 e. The number of rotatable bonds is 2. The first-order chi connectivity index (χ1) is 6.14. The first kappa shape index (κ1) is 11.5. The SMILES string of the molecule is CC(C)N(C)C1=C(F)C(C)(C)C1(C)C. The third-order valence-corrected chi connectivity index (χ3v) is 4.04. The molecule has 0 amide bonds. The van der Waals surface area contributed by atoms with Crippen LogP contribution in [0.5, 0.6) is 0 Å². The summed E-state index contributed by atoms with van der Waals surface area (Å²) in [5.41, 5.74) is 0.499. The fourth-order valence-electron chi connectivity index (χ4n) is 1.93. The van der Waals surface area contributed by atoms with E-state index in [9.17, 15) is 4.39 Å². The maximum atomic E-state index is 13.9. The van der Waals surface area contributed by atoms with E-state index in [0.29, 0.717) is 6.04 Å². The molecule has 0 aliphatic heterocycles. The molecule has 0 spiro atoms. The second-order valence-corrected chi connectivity index (χ2v) is 5.62. The molecule has 0 saturated carbocycles. The standard InChI is InChI=1S/C12H22FN/c1-8(2)14(7)10-9(13)11(3,4)12(10,5)6/h8H,1-7H3. The van der Waals surface area contributed by atoms with Gasteiger partial charge in [0, 0.05) is 23.9 Å². The zero-order chi connectivity index (χ0) is 11.3. The van der Waals surface area contributed by atoms with Gasteiger partial charge in [-0.3, -0.25) is 0 Å². The fourth-order valence-corrected chi connectivity index (χ4v) is 1.93. The number of hydrogen-bond donors (Lipinski definition) is 0. The molecular formula is C12H22FN. The van der Waals surface area contributed by atoms with E-state index >= 15 is 0 Å². The number of allylic oxidation sites excluding steroid dienone is 2. The van der Waals surface area contributed by atoms with Gasteiger partial charge in [0.05, 0.1) is 5.70 Å². The molecule has 2 heteroatoms. The Morgan fingerprint density at radius 1 is 1.07 bits per heavy atom. The minimum absolute atomic E-state index is 0.0544. The second kappa shape index (κ2) is 2.98. The molecule has 0 aromatic heterocycles. The Kier molecular flexibility index (Phi) is 2.46. The predicted molar refractivity (Wildman–Crippen MR) is 58.6 cm³/mol. The van der Waals surface area contributed by atoms with Crippen LogP contribution in [-0.2, 0) is 0 Å². The summed E-state index contributed by atoms with van der Waals surface area (Å²) in [6.45, 7) is 12.3. The van der Waals surface area contributed by atoms with Crippen LogP contribution in [0.3, 0.4) is 0 Å². The summed E-state index contributed by atoms with van der Waals surface area (Å²) in [5.74, 6) is 0.0544. The van der Waals surface area contributed by atoms with Gasteiger partial charge < -0.3 is 4.90 Å². The summed E-state index contributed by atoms with van der Waals surface area (Å²) in [7, 11) is 1.97. The molecule has 0 heterocycles. The Hall–Kier alpha value is -0.530. The van der Waals surface area contributed by atoms with Gasteiger partial charge in [0.25, 0.3) is 0 Å². The van der Waals surface area contributed by atoms with Crippen LogP contribution in [0.1, 0.15) is 41.5 Å². The minimum Gasteiger partial charge on any atom is -0.373 e. The van der Waals surface area contributed by atoms with Crippen LogP contribution in [0.2, 0.25) is 0 Å².